The van der Waals surface area contributed by atoms with E-state index >= 15 is 0 Å². The number of hydrogen-bond donors (Lipinski definition) is 1. The zero-order chi connectivity index (χ0) is 16.1. The average Bonchev–Trinajstić information content (AvgIpc) is 3.01. The van der Waals surface area contributed by atoms with E-state index in [1.165, 1.54) is 0 Å². The fourth-order valence-electron chi connectivity index (χ4n) is 2.10. The molecule has 2 aromatic carbocycles. The number of fused-ring (bicyclic) bond motifs is 1. The highest BCUT2D eigenvalue weighted by atomic mass is 16.5. The maximum atomic E-state index is 9.32. The van der Waals surface area contributed by atoms with Crippen molar-refractivity contribution in [3.05, 3.63) is 60.6 Å². The van der Waals surface area contributed by atoms with E-state index in [0.29, 0.717) is 23.7 Å². The Hall–Kier alpha value is -3.26. The summed E-state index contributed by atoms with van der Waals surface area (Å²) in [7, 11) is 0. The van der Waals surface area contributed by atoms with Gasteiger partial charge in [0.25, 0.3) is 0 Å². The van der Waals surface area contributed by atoms with E-state index < -0.39 is 0 Å². The highest BCUT2D eigenvalue weighted by Crippen LogP contribution is 2.21. The van der Waals surface area contributed by atoms with Gasteiger partial charge in [-0.15, -0.1) is 0 Å². The largest absolute Gasteiger partial charge is 0.494 e. The second-order valence-corrected chi connectivity index (χ2v) is 4.76. The van der Waals surface area contributed by atoms with Crippen molar-refractivity contribution >= 4 is 22.4 Å². The summed E-state index contributed by atoms with van der Waals surface area (Å²) in [6.45, 7) is 2.57. The zero-order valence-corrected chi connectivity index (χ0v) is 12.6. The Balaban J connectivity index is 1.80. The molecule has 23 heavy (non-hydrogen) atoms. The predicted octanol–water partition coefficient (Wildman–Crippen LogP) is 4.20. The van der Waals surface area contributed by atoms with Crippen LogP contribution in [0, 0.1) is 11.3 Å². The first kappa shape index (κ1) is 14.7. The highest BCUT2D eigenvalue weighted by molar-refractivity contribution is 5.80. The van der Waals surface area contributed by atoms with E-state index in [4.69, 9.17) is 9.15 Å². The van der Waals surface area contributed by atoms with Gasteiger partial charge in [0, 0.05) is 11.9 Å². The molecule has 0 saturated heterocycles. The third-order valence-electron chi connectivity index (χ3n) is 3.19. The molecule has 3 rings (SSSR count). The highest BCUT2D eigenvalue weighted by Gasteiger charge is 2.10. The molecule has 0 atom stereocenters. The van der Waals surface area contributed by atoms with Crippen LogP contribution in [0.15, 0.2) is 59.1 Å². The van der Waals surface area contributed by atoms with E-state index in [-0.39, 0.29) is 0 Å². The molecule has 5 nitrogen and oxygen atoms in total. The minimum Gasteiger partial charge on any atom is -0.494 e. The SMILES string of the molecule is CCOc1ccc(N/C=C(\C#N)c2nc3ccccc3o2)cc1. The molecule has 1 aromatic heterocycles. The summed E-state index contributed by atoms with van der Waals surface area (Å²) >= 11 is 0. The molecular formula is C18H15N3O2. The summed E-state index contributed by atoms with van der Waals surface area (Å²) in [5, 5.41) is 12.4. The summed E-state index contributed by atoms with van der Waals surface area (Å²) in [4.78, 5) is 4.32. The molecule has 0 unspecified atom stereocenters. The Morgan fingerprint density at radius 1 is 1.26 bits per heavy atom. The van der Waals surface area contributed by atoms with Crippen LogP contribution in [-0.4, -0.2) is 11.6 Å². The maximum Gasteiger partial charge on any atom is 0.239 e. The number of para-hydroxylation sites is 2. The van der Waals surface area contributed by atoms with Crippen LogP contribution in [0.3, 0.4) is 0 Å². The molecular weight excluding hydrogens is 290 g/mol. The van der Waals surface area contributed by atoms with Crippen molar-refractivity contribution in [3.8, 4) is 11.8 Å². The second kappa shape index (κ2) is 6.67. The van der Waals surface area contributed by atoms with Gasteiger partial charge in [0.2, 0.25) is 5.89 Å². The number of benzene rings is 2. The molecule has 1 N–H and O–H groups in total. The Labute approximate surface area is 133 Å². The van der Waals surface area contributed by atoms with Gasteiger partial charge in [-0.1, -0.05) is 12.1 Å². The number of ether oxygens (including phenoxy) is 1. The number of rotatable bonds is 5. The molecule has 0 amide bonds. The summed E-state index contributed by atoms with van der Waals surface area (Å²) in [6, 6.07) is 17.0. The fraction of sp³-hybridized carbons (Fsp3) is 0.111. The first-order chi connectivity index (χ1) is 11.3. The third-order valence-corrected chi connectivity index (χ3v) is 3.19. The quantitative estimate of drug-likeness (QED) is 0.715. The molecule has 3 aromatic rings. The van der Waals surface area contributed by atoms with Gasteiger partial charge in [-0.25, -0.2) is 4.98 Å². The van der Waals surface area contributed by atoms with Gasteiger partial charge in [0.1, 0.15) is 22.9 Å². The fourth-order valence-corrected chi connectivity index (χ4v) is 2.10. The first-order valence-electron chi connectivity index (χ1n) is 7.26. The van der Waals surface area contributed by atoms with Crippen molar-refractivity contribution in [2.45, 2.75) is 6.92 Å². The summed E-state index contributed by atoms with van der Waals surface area (Å²) in [6.07, 6.45) is 1.58. The Morgan fingerprint density at radius 3 is 2.74 bits per heavy atom. The number of nitrogens with zero attached hydrogens (tertiary/aromatic N) is 2. The standard InChI is InChI=1S/C18H15N3O2/c1-2-22-15-9-7-14(8-10-15)20-12-13(11-19)18-21-16-5-3-4-6-17(16)23-18/h3-10,12,20H,2H2,1H3/b13-12+. The number of allylic oxidation sites excluding steroid dienone is 1. The van der Waals surface area contributed by atoms with Crippen LogP contribution in [-0.2, 0) is 0 Å². The first-order valence-corrected chi connectivity index (χ1v) is 7.26. The average molecular weight is 305 g/mol. The van der Waals surface area contributed by atoms with Crippen LogP contribution >= 0.6 is 0 Å². The van der Waals surface area contributed by atoms with Gasteiger partial charge >= 0.3 is 0 Å². The Morgan fingerprint density at radius 2 is 2.04 bits per heavy atom. The second-order valence-electron chi connectivity index (χ2n) is 4.76. The molecule has 5 heteroatoms. The molecule has 0 aliphatic rings. The summed E-state index contributed by atoms with van der Waals surface area (Å²) in [5.74, 6) is 1.11. The summed E-state index contributed by atoms with van der Waals surface area (Å²) in [5.41, 5.74) is 2.56. The van der Waals surface area contributed by atoms with E-state index in [0.717, 1.165) is 17.0 Å². The van der Waals surface area contributed by atoms with Gasteiger partial charge in [0.15, 0.2) is 5.58 Å². The number of oxazole rings is 1. The number of aromatic nitrogens is 1. The monoisotopic (exact) mass is 305 g/mol. The minimum atomic E-state index is 0.298. The van der Waals surface area contributed by atoms with Gasteiger partial charge in [0.05, 0.1) is 6.61 Å². The Bertz CT molecular complexity index is 840. The van der Waals surface area contributed by atoms with Crippen LogP contribution < -0.4 is 10.1 Å². The van der Waals surface area contributed by atoms with Gasteiger partial charge in [-0.3, -0.25) is 0 Å². The Kier molecular flexibility index (Phi) is 4.25. The zero-order valence-electron chi connectivity index (χ0n) is 12.6. The van der Waals surface area contributed by atoms with Gasteiger partial charge in [-0.05, 0) is 43.3 Å². The lowest BCUT2D eigenvalue weighted by Crippen LogP contribution is -1.93. The molecule has 1 heterocycles. The van der Waals surface area contributed by atoms with Crippen LogP contribution in [0.1, 0.15) is 12.8 Å². The lowest BCUT2D eigenvalue weighted by molar-refractivity contribution is 0.340. The van der Waals surface area contributed by atoms with Crippen LogP contribution in [0.25, 0.3) is 16.7 Å². The van der Waals surface area contributed by atoms with Crippen molar-refractivity contribution in [1.29, 1.82) is 5.26 Å². The van der Waals surface area contributed by atoms with Gasteiger partial charge in [-0.2, -0.15) is 5.26 Å². The van der Waals surface area contributed by atoms with E-state index in [2.05, 4.69) is 16.4 Å². The van der Waals surface area contributed by atoms with Crippen LogP contribution in [0.5, 0.6) is 5.75 Å². The van der Waals surface area contributed by atoms with Crippen molar-refractivity contribution in [3.63, 3.8) is 0 Å². The molecule has 0 spiro atoms. The third kappa shape index (κ3) is 3.33. The van der Waals surface area contributed by atoms with E-state index in [1.807, 2.05) is 55.5 Å². The van der Waals surface area contributed by atoms with Crippen LogP contribution in [0.4, 0.5) is 5.69 Å². The molecule has 0 radical (unpaired) electrons. The predicted molar refractivity (Wildman–Crippen MR) is 88.8 cm³/mol. The van der Waals surface area contributed by atoms with Crippen LogP contribution in [0.2, 0.25) is 0 Å². The number of hydrogen-bond acceptors (Lipinski definition) is 5. The van der Waals surface area contributed by atoms with Crippen molar-refractivity contribution in [1.82, 2.24) is 4.98 Å². The number of nitrogens with one attached hydrogen (secondary N) is 1. The van der Waals surface area contributed by atoms with Gasteiger partial charge < -0.3 is 14.5 Å². The van der Waals surface area contributed by atoms with Crippen molar-refractivity contribution in [2.24, 2.45) is 0 Å². The molecule has 0 fully saturated rings. The maximum absolute atomic E-state index is 9.32. The number of nitriles is 1. The molecule has 0 bridgehead atoms. The number of anilines is 1. The molecule has 0 saturated carbocycles. The lowest BCUT2D eigenvalue weighted by Gasteiger charge is -2.04. The van der Waals surface area contributed by atoms with E-state index in [1.54, 1.807) is 6.20 Å². The minimum absolute atomic E-state index is 0.298. The smallest absolute Gasteiger partial charge is 0.239 e. The molecule has 114 valence electrons. The van der Waals surface area contributed by atoms with E-state index in [9.17, 15) is 5.26 Å². The molecule has 0 aliphatic carbocycles. The lowest BCUT2D eigenvalue weighted by atomic mass is 10.3. The van der Waals surface area contributed by atoms with Crippen molar-refractivity contribution < 1.29 is 9.15 Å². The normalized spacial score (nSPS) is 11.2. The molecule has 0 aliphatic heterocycles. The van der Waals surface area contributed by atoms with Crippen molar-refractivity contribution in [2.75, 3.05) is 11.9 Å². The summed E-state index contributed by atoms with van der Waals surface area (Å²) < 4.78 is 11.0. The topological polar surface area (TPSA) is 71.1 Å².